The summed E-state index contributed by atoms with van der Waals surface area (Å²) in [5, 5.41) is 3.44. The zero-order valence-corrected chi connectivity index (χ0v) is 14.6. The fourth-order valence-electron chi connectivity index (χ4n) is 5.50. The van der Waals surface area contributed by atoms with Crippen molar-refractivity contribution in [2.45, 2.75) is 64.2 Å². The minimum Gasteiger partial charge on any atom is -0.342 e. The molecule has 0 radical (unpaired) electrons. The van der Waals surface area contributed by atoms with Crippen molar-refractivity contribution < 1.29 is 4.79 Å². The lowest BCUT2D eigenvalue weighted by molar-refractivity contribution is -0.137. The van der Waals surface area contributed by atoms with Gasteiger partial charge in [0, 0.05) is 19.0 Å². The highest BCUT2D eigenvalue weighted by molar-refractivity contribution is 5.85. The normalized spacial score (nSPS) is 32.5. The number of piperidine rings is 2. The second-order valence-corrected chi connectivity index (χ2v) is 8.29. The molecule has 1 atom stereocenters. The molecule has 4 rings (SSSR count). The Bertz CT molecular complexity index is 408. The predicted octanol–water partition coefficient (Wildman–Crippen LogP) is 3.37. The van der Waals surface area contributed by atoms with Gasteiger partial charge in [-0.05, 0) is 68.9 Å². The summed E-state index contributed by atoms with van der Waals surface area (Å²) in [6, 6.07) is 0. The topological polar surface area (TPSA) is 32.3 Å². The summed E-state index contributed by atoms with van der Waals surface area (Å²) in [5.41, 5.74) is 0.905. The molecule has 2 spiro atoms. The SMILES string of the molecule is Cl.O=C(C1CC12CCNCC2)N1CCCC2(CCCCC2)C1. The van der Waals surface area contributed by atoms with Gasteiger partial charge < -0.3 is 10.2 Å². The number of hydrogen-bond acceptors (Lipinski definition) is 2. The van der Waals surface area contributed by atoms with Crippen LogP contribution in [0.25, 0.3) is 0 Å². The van der Waals surface area contributed by atoms with Crippen molar-refractivity contribution in [3.63, 3.8) is 0 Å². The smallest absolute Gasteiger partial charge is 0.226 e. The van der Waals surface area contributed by atoms with Crippen LogP contribution >= 0.6 is 12.4 Å². The Morgan fingerprint density at radius 2 is 1.64 bits per heavy atom. The van der Waals surface area contributed by atoms with Gasteiger partial charge in [-0.1, -0.05) is 19.3 Å². The molecule has 4 heteroatoms. The molecule has 1 N–H and O–H groups in total. The maximum Gasteiger partial charge on any atom is 0.226 e. The van der Waals surface area contributed by atoms with Gasteiger partial charge in [0.2, 0.25) is 5.91 Å². The maximum absolute atomic E-state index is 13.0. The summed E-state index contributed by atoms with van der Waals surface area (Å²) in [4.78, 5) is 15.2. The summed E-state index contributed by atoms with van der Waals surface area (Å²) in [6.45, 7) is 4.35. The molecule has 2 saturated heterocycles. The van der Waals surface area contributed by atoms with Gasteiger partial charge in [0.25, 0.3) is 0 Å². The van der Waals surface area contributed by atoms with E-state index in [0.29, 0.717) is 22.7 Å². The molecular formula is C18H31ClN2O. The van der Waals surface area contributed by atoms with E-state index in [2.05, 4.69) is 10.2 Å². The van der Waals surface area contributed by atoms with E-state index in [0.717, 1.165) is 26.2 Å². The Balaban J connectivity index is 0.00000144. The van der Waals surface area contributed by atoms with E-state index in [9.17, 15) is 4.79 Å². The maximum atomic E-state index is 13.0. The number of carbonyl (C=O) groups is 1. The van der Waals surface area contributed by atoms with E-state index in [1.54, 1.807) is 0 Å². The van der Waals surface area contributed by atoms with Crippen LogP contribution in [0, 0.1) is 16.7 Å². The molecule has 0 aromatic rings. The van der Waals surface area contributed by atoms with Crippen molar-refractivity contribution in [3.8, 4) is 0 Å². The number of likely N-dealkylation sites (tertiary alicyclic amines) is 1. The molecule has 2 aliphatic heterocycles. The highest BCUT2D eigenvalue weighted by atomic mass is 35.5. The second kappa shape index (κ2) is 6.32. The van der Waals surface area contributed by atoms with Crippen molar-refractivity contribution in [2.75, 3.05) is 26.2 Å². The van der Waals surface area contributed by atoms with Gasteiger partial charge in [0.15, 0.2) is 0 Å². The summed E-state index contributed by atoms with van der Waals surface area (Å²) >= 11 is 0. The molecule has 1 unspecified atom stereocenters. The van der Waals surface area contributed by atoms with E-state index in [-0.39, 0.29) is 12.4 Å². The second-order valence-electron chi connectivity index (χ2n) is 8.29. The van der Waals surface area contributed by atoms with Crippen molar-refractivity contribution in [1.82, 2.24) is 10.2 Å². The highest BCUT2D eigenvalue weighted by Crippen LogP contribution is 2.59. The first kappa shape index (κ1) is 16.6. The number of rotatable bonds is 1. The standard InChI is InChI=1S/C18H30N2O.ClH/c21-16(15-13-18(15)8-10-19-11-9-18)20-12-4-7-17(14-20)5-2-1-3-6-17;/h15,19H,1-14H2;1H. The summed E-state index contributed by atoms with van der Waals surface area (Å²) < 4.78 is 0. The Kier molecular flexibility index (Phi) is 4.76. The van der Waals surface area contributed by atoms with Gasteiger partial charge in [-0.3, -0.25) is 4.79 Å². The zero-order valence-electron chi connectivity index (χ0n) is 13.7. The molecular weight excluding hydrogens is 296 g/mol. The van der Waals surface area contributed by atoms with Crippen LogP contribution in [0.3, 0.4) is 0 Å². The van der Waals surface area contributed by atoms with Crippen LogP contribution in [-0.2, 0) is 4.79 Å². The molecule has 1 amide bonds. The van der Waals surface area contributed by atoms with Gasteiger partial charge in [0.1, 0.15) is 0 Å². The molecule has 0 bridgehead atoms. The van der Waals surface area contributed by atoms with Crippen LogP contribution in [0.1, 0.15) is 64.2 Å². The number of carbonyl (C=O) groups excluding carboxylic acids is 1. The first-order valence-corrected chi connectivity index (χ1v) is 9.23. The fourth-order valence-corrected chi connectivity index (χ4v) is 5.50. The summed E-state index contributed by atoms with van der Waals surface area (Å²) in [5.74, 6) is 0.889. The molecule has 22 heavy (non-hydrogen) atoms. The average Bonchev–Trinajstić information content (AvgIpc) is 3.21. The van der Waals surface area contributed by atoms with Gasteiger partial charge in [0.05, 0.1) is 0 Å². The monoisotopic (exact) mass is 326 g/mol. The average molecular weight is 327 g/mol. The van der Waals surface area contributed by atoms with Gasteiger partial charge in [-0.25, -0.2) is 0 Å². The third-order valence-corrected chi connectivity index (χ3v) is 6.97. The third-order valence-electron chi connectivity index (χ3n) is 6.97. The fraction of sp³-hybridized carbons (Fsp3) is 0.944. The van der Waals surface area contributed by atoms with Crippen molar-refractivity contribution >= 4 is 18.3 Å². The molecule has 0 aromatic carbocycles. The van der Waals surface area contributed by atoms with Gasteiger partial charge >= 0.3 is 0 Å². The number of nitrogens with one attached hydrogen (secondary N) is 1. The van der Waals surface area contributed by atoms with Gasteiger partial charge in [-0.2, -0.15) is 0 Å². The van der Waals surface area contributed by atoms with Crippen LogP contribution in [0.2, 0.25) is 0 Å². The van der Waals surface area contributed by atoms with Crippen molar-refractivity contribution in [2.24, 2.45) is 16.7 Å². The van der Waals surface area contributed by atoms with E-state index >= 15 is 0 Å². The van der Waals surface area contributed by atoms with E-state index in [1.165, 1.54) is 64.2 Å². The lowest BCUT2D eigenvalue weighted by Gasteiger charge is -2.45. The van der Waals surface area contributed by atoms with Crippen LogP contribution in [0.15, 0.2) is 0 Å². The van der Waals surface area contributed by atoms with Crippen LogP contribution in [0.4, 0.5) is 0 Å². The predicted molar refractivity (Wildman–Crippen MR) is 91.2 cm³/mol. The molecule has 2 saturated carbocycles. The molecule has 2 aliphatic carbocycles. The first-order valence-electron chi connectivity index (χ1n) is 9.23. The minimum atomic E-state index is 0. The van der Waals surface area contributed by atoms with Crippen LogP contribution < -0.4 is 5.32 Å². The van der Waals surface area contributed by atoms with E-state index < -0.39 is 0 Å². The quantitative estimate of drug-likeness (QED) is 0.801. The Morgan fingerprint density at radius 1 is 0.955 bits per heavy atom. The lowest BCUT2D eigenvalue weighted by Crippen LogP contribution is -2.48. The van der Waals surface area contributed by atoms with Crippen molar-refractivity contribution in [1.29, 1.82) is 0 Å². The Morgan fingerprint density at radius 3 is 2.36 bits per heavy atom. The molecule has 3 nitrogen and oxygen atoms in total. The highest BCUT2D eigenvalue weighted by Gasteiger charge is 2.59. The Labute approximate surface area is 141 Å². The number of amides is 1. The number of hydrogen-bond donors (Lipinski definition) is 1. The zero-order chi connectivity index (χ0) is 14.3. The van der Waals surface area contributed by atoms with E-state index in [1.807, 2.05) is 0 Å². The van der Waals surface area contributed by atoms with E-state index in [4.69, 9.17) is 0 Å². The van der Waals surface area contributed by atoms with Crippen LogP contribution in [0.5, 0.6) is 0 Å². The summed E-state index contributed by atoms with van der Waals surface area (Å²) in [6.07, 6.45) is 13.2. The Hall–Kier alpha value is -0.280. The summed E-state index contributed by atoms with van der Waals surface area (Å²) in [7, 11) is 0. The molecule has 0 aromatic heterocycles. The lowest BCUT2D eigenvalue weighted by atomic mass is 9.69. The van der Waals surface area contributed by atoms with Gasteiger partial charge in [-0.15, -0.1) is 12.4 Å². The molecule has 4 fully saturated rings. The van der Waals surface area contributed by atoms with Crippen molar-refractivity contribution in [3.05, 3.63) is 0 Å². The third kappa shape index (κ3) is 2.91. The molecule has 2 heterocycles. The van der Waals surface area contributed by atoms with Crippen LogP contribution in [-0.4, -0.2) is 37.0 Å². The minimum absolute atomic E-state index is 0. The first-order chi connectivity index (χ1) is 10.2. The largest absolute Gasteiger partial charge is 0.342 e. The molecule has 126 valence electrons. The number of halogens is 1. The number of nitrogens with zero attached hydrogens (tertiary/aromatic N) is 1. The molecule has 4 aliphatic rings.